The first-order valence-corrected chi connectivity index (χ1v) is 7.32. The molecule has 1 N–H and O–H groups in total. The van der Waals surface area contributed by atoms with Gasteiger partial charge in [-0.1, -0.05) is 0 Å². The van der Waals surface area contributed by atoms with Crippen molar-refractivity contribution in [1.82, 2.24) is 0 Å². The van der Waals surface area contributed by atoms with Crippen molar-refractivity contribution in [3.8, 4) is 11.5 Å². The minimum atomic E-state index is -1.64. The molecule has 0 radical (unpaired) electrons. The zero-order valence-corrected chi connectivity index (χ0v) is 13.2. The number of rotatable bonds is 6. The van der Waals surface area contributed by atoms with Gasteiger partial charge in [0, 0.05) is 5.56 Å². The van der Waals surface area contributed by atoms with E-state index in [9.17, 15) is 18.0 Å². The number of carbonyl (C=O) groups excluding carboxylic acids is 1. The number of halogens is 3. The first-order valence-electron chi connectivity index (χ1n) is 7.32. The van der Waals surface area contributed by atoms with E-state index in [1.54, 1.807) is 13.0 Å². The monoisotopic (exact) mass is 339 g/mol. The summed E-state index contributed by atoms with van der Waals surface area (Å²) in [6.45, 7) is 4.37. The van der Waals surface area contributed by atoms with Gasteiger partial charge >= 0.3 is 0 Å². The fourth-order valence-electron chi connectivity index (χ4n) is 2.01. The van der Waals surface area contributed by atoms with E-state index < -0.39 is 29.0 Å². The molecule has 0 aliphatic carbocycles. The molecular weight excluding hydrogens is 323 g/mol. The van der Waals surface area contributed by atoms with Crippen LogP contribution in [0.3, 0.4) is 0 Å². The molecule has 0 saturated heterocycles. The van der Waals surface area contributed by atoms with Crippen LogP contribution in [-0.4, -0.2) is 19.1 Å². The maximum Gasteiger partial charge on any atom is 0.255 e. The average Bonchev–Trinajstić information content (AvgIpc) is 2.57. The molecule has 7 heteroatoms. The van der Waals surface area contributed by atoms with Crippen molar-refractivity contribution in [1.29, 1.82) is 0 Å². The van der Waals surface area contributed by atoms with Gasteiger partial charge < -0.3 is 14.8 Å². The second kappa shape index (κ2) is 7.72. The highest BCUT2D eigenvalue weighted by Crippen LogP contribution is 2.29. The minimum Gasteiger partial charge on any atom is -0.490 e. The van der Waals surface area contributed by atoms with Crippen molar-refractivity contribution in [2.75, 3.05) is 18.5 Å². The molecule has 0 unspecified atom stereocenters. The molecule has 0 saturated carbocycles. The molecule has 0 fully saturated rings. The van der Waals surface area contributed by atoms with Crippen LogP contribution in [-0.2, 0) is 0 Å². The molecule has 0 heterocycles. The van der Waals surface area contributed by atoms with Crippen LogP contribution in [0.25, 0.3) is 0 Å². The van der Waals surface area contributed by atoms with Crippen LogP contribution in [0.15, 0.2) is 30.3 Å². The van der Waals surface area contributed by atoms with Crippen LogP contribution >= 0.6 is 0 Å². The zero-order chi connectivity index (χ0) is 17.7. The molecule has 2 aromatic rings. The molecule has 24 heavy (non-hydrogen) atoms. The standard InChI is InChI=1S/C17H16F3NO3/c1-3-23-13-8-5-10(9-14(13)24-4-2)17(22)21-12-7-6-11(18)15(19)16(12)20/h5-9H,3-4H2,1-2H3,(H,21,22). The maximum atomic E-state index is 13.6. The summed E-state index contributed by atoms with van der Waals surface area (Å²) in [5.41, 5.74) is -0.295. The van der Waals surface area contributed by atoms with Gasteiger partial charge in [0.1, 0.15) is 0 Å². The van der Waals surface area contributed by atoms with E-state index in [2.05, 4.69) is 5.32 Å². The van der Waals surface area contributed by atoms with Crippen molar-refractivity contribution < 1.29 is 27.4 Å². The van der Waals surface area contributed by atoms with Gasteiger partial charge in [-0.25, -0.2) is 13.2 Å². The molecule has 0 aliphatic rings. The molecule has 128 valence electrons. The quantitative estimate of drug-likeness (QED) is 0.804. The Labute approximate surface area is 137 Å². The number of benzene rings is 2. The largest absolute Gasteiger partial charge is 0.490 e. The Morgan fingerprint density at radius 1 is 0.958 bits per heavy atom. The van der Waals surface area contributed by atoms with E-state index in [1.165, 1.54) is 12.1 Å². The van der Waals surface area contributed by atoms with Gasteiger partial charge in [0.25, 0.3) is 5.91 Å². The number of anilines is 1. The molecule has 2 rings (SSSR count). The van der Waals surface area contributed by atoms with E-state index in [4.69, 9.17) is 9.47 Å². The molecule has 2 aromatic carbocycles. The van der Waals surface area contributed by atoms with E-state index in [1.807, 2.05) is 6.92 Å². The topological polar surface area (TPSA) is 47.6 Å². The highest BCUT2D eigenvalue weighted by atomic mass is 19.2. The normalized spacial score (nSPS) is 10.4. The Kier molecular flexibility index (Phi) is 5.68. The molecule has 0 bridgehead atoms. The molecule has 0 atom stereocenters. The summed E-state index contributed by atoms with van der Waals surface area (Å²) in [5, 5.41) is 2.20. The third kappa shape index (κ3) is 3.79. The van der Waals surface area contributed by atoms with Gasteiger partial charge in [-0.2, -0.15) is 0 Å². The van der Waals surface area contributed by atoms with Crippen LogP contribution in [0.5, 0.6) is 11.5 Å². The molecule has 0 spiro atoms. The predicted molar refractivity (Wildman–Crippen MR) is 83.0 cm³/mol. The smallest absolute Gasteiger partial charge is 0.255 e. The lowest BCUT2D eigenvalue weighted by Crippen LogP contribution is -2.14. The van der Waals surface area contributed by atoms with Crippen molar-refractivity contribution >= 4 is 11.6 Å². The lowest BCUT2D eigenvalue weighted by molar-refractivity contribution is 0.102. The van der Waals surface area contributed by atoms with E-state index in [0.717, 1.165) is 12.1 Å². The van der Waals surface area contributed by atoms with E-state index in [-0.39, 0.29) is 5.56 Å². The van der Waals surface area contributed by atoms with E-state index in [0.29, 0.717) is 24.7 Å². The predicted octanol–water partition coefficient (Wildman–Crippen LogP) is 4.15. The summed E-state index contributed by atoms with van der Waals surface area (Å²) in [6, 6.07) is 6.12. The van der Waals surface area contributed by atoms with Gasteiger partial charge in [0.05, 0.1) is 18.9 Å². The van der Waals surface area contributed by atoms with Crippen molar-refractivity contribution in [2.45, 2.75) is 13.8 Å². The van der Waals surface area contributed by atoms with Gasteiger partial charge in [-0.05, 0) is 44.2 Å². The molecular formula is C17H16F3NO3. The van der Waals surface area contributed by atoms with Crippen LogP contribution < -0.4 is 14.8 Å². The maximum absolute atomic E-state index is 13.6. The highest BCUT2D eigenvalue weighted by molar-refractivity contribution is 6.04. The number of ether oxygens (including phenoxy) is 2. The lowest BCUT2D eigenvalue weighted by Gasteiger charge is -2.13. The van der Waals surface area contributed by atoms with Gasteiger partial charge in [0.15, 0.2) is 29.0 Å². The summed E-state index contributed by atoms with van der Waals surface area (Å²) < 4.78 is 50.5. The molecule has 0 aromatic heterocycles. The van der Waals surface area contributed by atoms with Crippen LogP contribution in [0.2, 0.25) is 0 Å². The molecule has 4 nitrogen and oxygen atoms in total. The number of hydrogen-bond acceptors (Lipinski definition) is 3. The molecule has 0 aliphatic heterocycles. The fourth-order valence-corrected chi connectivity index (χ4v) is 2.01. The van der Waals surface area contributed by atoms with Gasteiger partial charge in [0.2, 0.25) is 0 Å². The number of hydrogen-bond donors (Lipinski definition) is 1. The van der Waals surface area contributed by atoms with Crippen LogP contribution in [0, 0.1) is 17.5 Å². The second-order valence-electron chi connectivity index (χ2n) is 4.70. The zero-order valence-electron chi connectivity index (χ0n) is 13.2. The average molecular weight is 339 g/mol. The molecule has 1 amide bonds. The SMILES string of the molecule is CCOc1ccc(C(=O)Nc2ccc(F)c(F)c2F)cc1OCC. The first-order chi connectivity index (χ1) is 11.5. The lowest BCUT2D eigenvalue weighted by atomic mass is 10.1. The third-order valence-corrected chi connectivity index (χ3v) is 3.09. The summed E-state index contributed by atoms with van der Waals surface area (Å²) in [6.07, 6.45) is 0. The summed E-state index contributed by atoms with van der Waals surface area (Å²) in [4.78, 5) is 12.2. The fraction of sp³-hybridized carbons (Fsp3) is 0.235. The number of carbonyl (C=O) groups is 1. The van der Waals surface area contributed by atoms with Crippen LogP contribution in [0.4, 0.5) is 18.9 Å². The Morgan fingerprint density at radius 3 is 2.29 bits per heavy atom. The number of amides is 1. The Balaban J connectivity index is 2.26. The van der Waals surface area contributed by atoms with Crippen LogP contribution in [0.1, 0.15) is 24.2 Å². The van der Waals surface area contributed by atoms with Crippen molar-refractivity contribution in [3.63, 3.8) is 0 Å². The van der Waals surface area contributed by atoms with Crippen molar-refractivity contribution in [2.24, 2.45) is 0 Å². The third-order valence-electron chi connectivity index (χ3n) is 3.09. The summed E-state index contributed by atoms with van der Waals surface area (Å²) >= 11 is 0. The second-order valence-corrected chi connectivity index (χ2v) is 4.70. The summed E-state index contributed by atoms with van der Waals surface area (Å²) in [5.74, 6) is -4.30. The Hall–Kier alpha value is -2.70. The van der Waals surface area contributed by atoms with Gasteiger partial charge in [-0.15, -0.1) is 0 Å². The Morgan fingerprint density at radius 2 is 1.62 bits per heavy atom. The van der Waals surface area contributed by atoms with Crippen molar-refractivity contribution in [3.05, 3.63) is 53.3 Å². The first kappa shape index (κ1) is 17.7. The highest BCUT2D eigenvalue weighted by Gasteiger charge is 2.17. The van der Waals surface area contributed by atoms with Gasteiger partial charge in [-0.3, -0.25) is 4.79 Å². The summed E-state index contributed by atoms with van der Waals surface area (Å²) in [7, 11) is 0. The number of nitrogens with one attached hydrogen (secondary N) is 1. The Bertz CT molecular complexity index is 750. The minimum absolute atomic E-state index is 0.158. The van der Waals surface area contributed by atoms with E-state index >= 15 is 0 Å².